The number of nitrogens with zero attached hydrogens (tertiary/aromatic N) is 1. The molecule has 5 nitrogen and oxygen atoms in total. The third-order valence-electron chi connectivity index (χ3n) is 3.08. The Morgan fingerprint density at radius 2 is 2.00 bits per heavy atom. The van der Waals surface area contributed by atoms with E-state index in [1.165, 1.54) is 4.57 Å². The molecule has 1 aromatic carbocycles. The summed E-state index contributed by atoms with van der Waals surface area (Å²) in [5.74, 6) is 1.06. The van der Waals surface area contributed by atoms with Crippen LogP contribution in [0.1, 0.15) is 17.6 Å². The maximum absolute atomic E-state index is 11.8. The number of oxazole rings is 1. The third-order valence-corrected chi connectivity index (χ3v) is 3.08. The van der Waals surface area contributed by atoms with Crippen LogP contribution in [0.4, 0.5) is 0 Å². The second-order valence-corrected chi connectivity index (χ2v) is 4.50. The van der Waals surface area contributed by atoms with Crippen molar-refractivity contribution in [2.75, 3.05) is 0 Å². The highest BCUT2D eigenvalue weighted by molar-refractivity contribution is 5.72. The van der Waals surface area contributed by atoms with Gasteiger partial charge in [0.1, 0.15) is 11.5 Å². The Balaban J connectivity index is 1.97. The van der Waals surface area contributed by atoms with Gasteiger partial charge in [-0.05, 0) is 31.2 Å². The predicted molar refractivity (Wildman–Crippen MR) is 70.8 cm³/mol. The minimum Gasteiger partial charge on any atom is -0.465 e. The fraction of sp³-hybridized carbons (Fsp3) is 0.214. The molecule has 0 amide bonds. The smallest absolute Gasteiger partial charge is 0.420 e. The first kappa shape index (κ1) is 11.8. The van der Waals surface area contributed by atoms with Gasteiger partial charge in [-0.1, -0.05) is 12.1 Å². The van der Waals surface area contributed by atoms with Crippen molar-refractivity contribution in [3.63, 3.8) is 0 Å². The minimum atomic E-state index is -0.403. The Hall–Kier alpha value is -2.27. The summed E-state index contributed by atoms with van der Waals surface area (Å²) in [5, 5.41) is 0. The zero-order valence-corrected chi connectivity index (χ0v) is 10.5. The summed E-state index contributed by atoms with van der Waals surface area (Å²) in [7, 11) is 0. The molecule has 0 radical (unpaired) electrons. The van der Waals surface area contributed by atoms with Crippen LogP contribution in [-0.2, 0) is 6.54 Å². The number of hydrogen-bond acceptors (Lipinski definition) is 4. The van der Waals surface area contributed by atoms with E-state index in [-0.39, 0.29) is 6.04 Å². The number of fused-ring (bicyclic) bond motifs is 1. The summed E-state index contributed by atoms with van der Waals surface area (Å²) in [5.41, 5.74) is 7.37. The lowest BCUT2D eigenvalue weighted by Gasteiger charge is -2.09. The molecule has 0 fully saturated rings. The predicted octanol–water partition coefficient (Wildman–Crippen LogP) is 2.20. The van der Waals surface area contributed by atoms with E-state index in [0.717, 1.165) is 11.3 Å². The van der Waals surface area contributed by atoms with Crippen molar-refractivity contribution in [3.05, 3.63) is 58.5 Å². The molecule has 3 rings (SSSR count). The first-order chi connectivity index (χ1) is 9.15. The minimum absolute atomic E-state index is 0.322. The van der Waals surface area contributed by atoms with E-state index < -0.39 is 5.76 Å². The van der Waals surface area contributed by atoms with Gasteiger partial charge in [0.05, 0.1) is 18.1 Å². The van der Waals surface area contributed by atoms with Crippen molar-refractivity contribution >= 4 is 11.1 Å². The summed E-state index contributed by atoms with van der Waals surface area (Å²) >= 11 is 0. The molecule has 0 spiro atoms. The number of benzene rings is 1. The molecular formula is C14H14N2O3. The van der Waals surface area contributed by atoms with Crippen molar-refractivity contribution in [3.8, 4) is 0 Å². The van der Waals surface area contributed by atoms with Gasteiger partial charge < -0.3 is 14.6 Å². The van der Waals surface area contributed by atoms with E-state index >= 15 is 0 Å². The Labute approximate surface area is 109 Å². The number of hydrogen-bond donors (Lipinski definition) is 1. The number of rotatable bonds is 3. The SMILES string of the molecule is Cc1ccc(C(N)Cn2c(=O)oc3ccccc32)o1. The third kappa shape index (κ3) is 2.08. The number of aromatic nitrogens is 1. The van der Waals surface area contributed by atoms with Gasteiger partial charge in [0.25, 0.3) is 0 Å². The van der Waals surface area contributed by atoms with Crippen LogP contribution < -0.4 is 11.5 Å². The van der Waals surface area contributed by atoms with E-state index in [4.69, 9.17) is 14.6 Å². The summed E-state index contributed by atoms with van der Waals surface area (Å²) in [6.07, 6.45) is 0. The molecule has 3 aromatic rings. The van der Waals surface area contributed by atoms with E-state index in [1.54, 1.807) is 6.07 Å². The fourth-order valence-electron chi connectivity index (χ4n) is 2.13. The Bertz CT molecular complexity index is 766. The van der Waals surface area contributed by atoms with Crippen LogP contribution in [0.2, 0.25) is 0 Å². The first-order valence-electron chi connectivity index (χ1n) is 6.05. The summed E-state index contributed by atoms with van der Waals surface area (Å²) in [6.45, 7) is 2.18. The van der Waals surface area contributed by atoms with Gasteiger partial charge in [-0.15, -0.1) is 0 Å². The summed E-state index contributed by atoms with van der Waals surface area (Å²) in [4.78, 5) is 11.8. The van der Waals surface area contributed by atoms with Crippen LogP contribution in [0.25, 0.3) is 11.1 Å². The second-order valence-electron chi connectivity index (χ2n) is 4.50. The zero-order valence-electron chi connectivity index (χ0n) is 10.5. The van der Waals surface area contributed by atoms with Gasteiger partial charge in [0.2, 0.25) is 0 Å². The van der Waals surface area contributed by atoms with Crippen LogP contribution in [0.3, 0.4) is 0 Å². The zero-order chi connectivity index (χ0) is 13.4. The molecule has 2 heterocycles. The molecule has 5 heteroatoms. The van der Waals surface area contributed by atoms with Gasteiger partial charge in [-0.3, -0.25) is 4.57 Å². The van der Waals surface area contributed by atoms with E-state index in [2.05, 4.69) is 0 Å². The fourth-order valence-corrected chi connectivity index (χ4v) is 2.13. The maximum Gasteiger partial charge on any atom is 0.420 e. The molecule has 0 saturated heterocycles. The average Bonchev–Trinajstić information content (AvgIpc) is 2.95. The Morgan fingerprint density at radius 1 is 1.21 bits per heavy atom. The van der Waals surface area contributed by atoms with Crippen molar-refractivity contribution in [1.29, 1.82) is 0 Å². The van der Waals surface area contributed by atoms with Gasteiger partial charge in [0.15, 0.2) is 5.58 Å². The highest BCUT2D eigenvalue weighted by Crippen LogP contribution is 2.18. The average molecular weight is 258 g/mol. The molecule has 1 unspecified atom stereocenters. The lowest BCUT2D eigenvalue weighted by Crippen LogP contribution is -2.23. The van der Waals surface area contributed by atoms with Crippen molar-refractivity contribution in [1.82, 2.24) is 4.57 Å². The van der Waals surface area contributed by atoms with E-state index in [0.29, 0.717) is 17.9 Å². The largest absolute Gasteiger partial charge is 0.465 e. The lowest BCUT2D eigenvalue weighted by atomic mass is 10.2. The quantitative estimate of drug-likeness (QED) is 0.781. The van der Waals surface area contributed by atoms with Crippen molar-refractivity contribution in [2.45, 2.75) is 19.5 Å². The molecule has 0 aliphatic heterocycles. The Kier molecular flexibility index (Phi) is 2.76. The van der Waals surface area contributed by atoms with Crippen LogP contribution in [0.5, 0.6) is 0 Å². The second kappa shape index (κ2) is 4.44. The molecule has 19 heavy (non-hydrogen) atoms. The number of furan rings is 1. The molecule has 2 N–H and O–H groups in total. The van der Waals surface area contributed by atoms with Crippen molar-refractivity contribution < 1.29 is 8.83 Å². The molecule has 0 saturated carbocycles. The van der Waals surface area contributed by atoms with Crippen LogP contribution in [-0.4, -0.2) is 4.57 Å². The van der Waals surface area contributed by atoms with Crippen LogP contribution in [0.15, 0.2) is 50.0 Å². The molecule has 1 atom stereocenters. The molecule has 98 valence electrons. The highest BCUT2D eigenvalue weighted by atomic mass is 16.4. The topological polar surface area (TPSA) is 74.3 Å². The van der Waals surface area contributed by atoms with Gasteiger partial charge in [-0.2, -0.15) is 0 Å². The summed E-state index contributed by atoms with van der Waals surface area (Å²) in [6, 6.07) is 10.6. The van der Waals surface area contributed by atoms with Gasteiger partial charge in [0, 0.05) is 0 Å². The van der Waals surface area contributed by atoms with Crippen LogP contribution >= 0.6 is 0 Å². The number of para-hydroxylation sites is 2. The van der Waals surface area contributed by atoms with Gasteiger partial charge >= 0.3 is 5.76 Å². The van der Waals surface area contributed by atoms with Gasteiger partial charge in [-0.25, -0.2) is 4.79 Å². The van der Waals surface area contributed by atoms with E-state index in [9.17, 15) is 4.79 Å². The summed E-state index contributed by atoms with van der Waals surface area (Å²) < 4.78 is 12.2. The maximum atomic E-state index is 11.8. The first-order valence-corrected chi connectivity index (χ1v) is 6.05. The normalized spacial score (nSPS) is 12.9. The van der Waals surface area contributed by atoms with E-state index in [1.807, 2.05) is 37.3 Å². The Morgan fingerprint density at radius 3 is 2.74 bits per heavy atom. The standard InChI is InChI=1S/C14H14N2O3/c1-9-6-7-12(18-9)10(15)8-16-11-4-2-3-5-13(11)19-14(16)17/h2-7,10H,8,15H2,1H3. The molecule has 2 aromatic heterocycles. The molecule has 0 aliphatic rings. The molecular weight excluding hydrogens is 244 g/mol. The lowest BCUT2D eigenvalue weighted by molar-refractivity contribution is 0.408. The number of aryl methyl sites for hydroxylation is 1. The molecule has 0 aliphatic carbocycles. The molecule has 0 bridgehead atoms. The monoisotopic (exact) mass is 258 g/mol. The van der Waals surface area contributed by atoms with Crippen LogP contribution in [0, 0.1) is 6.92 Å². The van der Waals surface area contributed by atoms with Crippen molar-refractivity contribution in [2.24, 2.45) is 5.73 Å². The highest BCUT2D eigenvalue weighted by Gasteiger charge is 2.15. The number of nitrogens with two attached hydrogens (primary N) is 1.